The minimum Gasteiger partial charge on any atom is -0.497 e. The summed E-state index contributed by atoms with van der Waals surface area (Å²) in [5.41, 5.74) is 9.63. The van der Waals surface area contributed by atoms with E-state index in [4.69, 9.17) is 10.5 Å². The maximum atomic E-state index is 13.6. The molecule has 0 spiro atoms. The maximum absolute atomic E-state index is 13.6. The first-order valence-electron chi connectivity index (χ1n) is 6.19. The molecule has 0 saturated heterocycles. The van der Waals surface area contributed by atoms with Gasteiger partial charge in [-0.2, -0.15) is 0 Å². The summed E-state index contributed by atoms with van der Waals surface area (Å²) >= 11 is 0. The van der Waals surface area contributed by atoms with Gasteiger partial charge in [0.2, 0.25) is 0 Å². The van der Waals surface area contributed by atoms with Crippen LogP contribution in [0.2, 0.25) is 0 Å². The average molecular weight is 259 g/mol. The molecule has 1 unspecified atom stereocenters. The Bertz CT molecular complexity index is 595. The number of ether oxygens (including phenoxy) is 1. The van der Waals surface area contributed by atoms with Gasteiger partial charge in [0.25, 0.3) is 0 Å². The highest BCUT2D eigenvalue weighted by Gasteiger charge is 2.13. The summed E-state index contributed by atoms with van der Waals surface area (Å²) in [4.78, 5) is 0. The normalized spacial score (nSPS) is 12.3. The highest BCUT2D eigenvalue weighted by Crippen LogP contribution is 2.26. The van der Waals surface area contributed by atoms with Crippen molar-refractivity contribution in [1.29, 1.82) is 0 Å². The molecule has 0 heterocycles. The number of hydrogen-bond donors (Lipinski definition) is 1. The molecule has 100 valence electrons. The minimum absolute atomic E-state index is 0.223. The maximum Gasteiger partial charge on any atom is 0.126 e. The molecule has 2 rings (SSSR count). The Hall–Kier alpha value is -1.87. The van der Waals surface area contributed by atoms with Crippen molar-refractivity contribution in [1.82, 2.24) is 0 Å². The Kier molecular flexibility index (Phi) is 3.86. The Balaban J connectivity index is 2.38. The molecule has 2 nitrogen and oxygen atoms in total. The third kappa shape index (κ3) is 2.76. The summed E-state index contributed by atoms with van der Waals surface area (Å²) in [6, 6.07) is 10.5. The summed E-state index contributed by atoms with van der Waals surface area (Å²) in [6.45, 7) is 3.71. The van der Waals surface area contributed by atoms with Crippen LogP contribution in [0.4, 0.5) is 4.39 Å². The second-order valence-electron chi connectivity index (χ2n) is 4.71. The molecule has 0 aliphatic rings. The number of halogens is 1. The van der Waals surface area contributed by atoms with E-state index in [0.717, 1.165) is 22.4 Å². The van der Waals surface area contributed by atoms with Gasteiger partial charge in [-0.25, -0.2) is 4.39 Å². The van der Waals surface area contributed by atoms with Crippen LogP contribution in [0.5, 0.6) is 5.75 Å². The number of nitrogens with two attached hydrogens (primary N) is 1. The lowest BCUT2D eigenvalue weighted by atomic mass is 9.95. The van der Waals surface area contributed by atoms with Gasteiger partial charge in [0.05, 0.1) is 13.2 Å². The molecule has 0 aromatic heterocycles. The molecule has 0 bridgehead atoms. The molecule has 0 aliphatic carbocycles. The smallest absolute Gasteiger partial charge is 0.126 e. The second kappa shape index (κ2) is 5.41. The van der Waals surface area contributed by atoms with Crippen LogP contribution in [-0.4, -0.2) is 7.11 Å². The Morgan fingerprint density at radius 3 is 2.37 bits per heavy atom. The fraction of sp³-hybridized carbons (Fsp3) is 0.250. The van der Waals surface area contributed by atoms with Gasteiger partial charge in [0, 0.05) is 0 Å². The van der Waals surface area contributed by atoms with Crippen LogP contribution < -0.4 is 10.5 Å². The molecule has 2 aromatic rings. The Morgan fingerprint density at radius 2 is 1.79 bits per heavy atom. The van der Waals surface area contributed by atoms with Gasteiger partial charge in [0.1, 0.15) is 11.6 Å². The molecule has 1 atom stereocenters. The largest absolute Gasteiger partial charge is 0.497 e. The highest BCUT2D eigenvalue weighted by atomic mass is 19.1. The highest BCUT2D eigenvalue weighted by molar-refractivity contribution is 5.41. The van der Waals surface area contributed by atoms with Crippen molar-refractivity contribution in [2.75, 3.05) is 7.11 Å². The van der Waals surface area contributed by atoms with Crippen molar-refractivity contribution >= 4 is 0 Å². The standard InChI is InChI=1S/C16H18FNO/c1-10-4-5-12(9-15(10)17)16(18)14-7-6-13(19-3)8-11(14)2/h4-9,16H,18H2,1-3H3. The fourth-order valence-electron chi connectivity index (χ4n) is 2.11. The summed E-state index contributed by atoms with van der Waals surface area (Å²) in [7, 11) is 1.63. The zero-order valence-electron chi connectivity index (χ0n) is 11.4. The van der Waals surface area contributed by atoms with Crippen LogP contribution >= 0.6 is 0 Å². The summed E-state index contributed by atoms with van der Waals surface area (Å²) in [5, 5.41) is 0. The van der Waals surface area contributed by atoms with Gasteiger partial charge in [-0.1, -0.05) is 18.2 Å². The van der Waals surface area contributed by atoms with Crippen LogP contribution in [0.1, 0.15) is 28.3 Å². The predicted octanol–water partition coefficient (Wildman–Crippen LogP) is 3.50. The van der Waals surface area contributed by atoms with Crippen LogP contribution in [0.25, 0.3) is 0 Å². The van der Waals surface area contributed by atoms with E-state index in [1.165, 1.54) is 6.07 Å². The first kappa shape index (κ1) is 13.6. The first-order valence-corrected chi connectivity index (χ1v) is 6.19. The lowest BCUT2D eigenvalue weighted by Crippen LogP contribution is -2.13. The van der Waals surface area contributed by atoms with Crippen LogP contribution in [0.15, 0.2) is 36.4 Å². The van der Waals surface area contributed by atoms with Gasteiger partial charge < -0.3 is 10.5 Å². The van der Waals surface area contributed by atoms with Crippen molar-refractivity contribution < 1.29 is 9.13 Å². The van der Waals surface area contributed by atoms with E-state index < -0.39 is 0 Å². The monoisotopic (exact) mass is 259 g/mol. The second-order valence-corrected chi connectivity index (χ2v) is 4.71. The van der Waals surface area contributed by atoms with E-state index in [-0.39, 0.29) is 11.9 Å². The lowest BCUT2D eigenvalue weighted by molar-refractivity contribution is 0.414. The molecule has 0 amide bonds. The molecular weight excluding hydrogens is 241 g/mol. The Labute approximate surface area is 113 Å². The van der Waals surface area contributed by atoms with Gasteiger partial charge in [-0.15, -0.1) is 0 Å². The molecule has 0 aliphatic heterocycles. The third-order valence-electron chi connectivity index (χ3n) is 3.37. The van der Waals surface area contributed by atoms with E-state index in [2.05, 4.69) is 0 Å². The first-order chi connectivity index (χ1) is 9.02. The third-order valence-corrected chi connectivity index (χ3v) is 3.37. The van der Waals surface area contributed by atoms with E-state index >= 15 is 0 Å². The average Bonchev–Trinajstić information content (AvgIpc) is 2.41. The summed E-state index contributed by atoms with van der Waals surface area (Å²) in [5.74, 6) is 0.572. The van der Waals surface area contributed by atoms with Gasteiger partial charge >= 0.3 is 0 Å². The number of aryl methyl sites for hydroxylation is 2. The quantitative estimate of drug-likeness (QED) is 0.915. The van der Waals surface area contributed by atoms with Crippen LogP contribution in [0.3, 0.4) is 0 Å². The molecule has 0 radical (unpaired) electrons. The zero-order valence-corrected chi connectivity index (χ0v) is 11.4. The lowest BCUT2D eigenvalue weighted by Gasteiger charge is -2.16. The van der Waals surface area contributed by atoms with Gasteiger partial charge in [-0.3, -0.25) is 0 Å². The summed E-state index contributed by atoms with van der Waals surface area (Å²) < 4.78 is 18.8. The van der Waals surface area contributed by atoms with Crippen LogP contribution in [0, 0.1) is 19.7 Å². The molecule has 2 aromatic carbocycles. The van der Waals surface area contributed by atoms with Crippen LogP contribution in [-0.2, 0) is 0 Å². The Morgan fingerprint density at radius 1 is 1.05 bits per heavy atom. The molecule has 0 fully saturated rings. The van der Waals surface area contributed by atoms with E-state index in [9.17, 15) is 4.39 Å². The SMILES string of the molecule is COc1ccc(C(N)c2ccc(C)c(F)c2)c(C)c1. The molecular formula is C16H18FNO. The molecule has 19 heavy (non-hydrogen) atoms. The van der Waals surface area contributed by atoms with Crippen molar-refractivity contribution in [3.8, 4) is 5.75 Å². The number of benzene rings is 2. The van der Waals surface area contributed by atoms with E-state index in [1.54, 1.807) is 20.1 Å². The number of hydrogen-bond acceptors (Lipinski definition) is 2. The van der Waals surface area contributed by atoms with Crippen molar-refractivity contribution in [2.45, 2.75) is 19.9 Å². The predicted molar refractivity (Wildman–Crippen MR) is 74.9 cm³/mol. The van der Waals surface area contributed by atoms with Crippen molar-refractivity contribution in [3.63, 3.8) is 0 Å². The number of methoxy groups -OCH3 is 1. The van der Waals surface area contributed by atoms with Crippen molar-refractivity contribution in [2.24, 2.45) is 5.73 Å². The molecule has 3 heteroatoms. The van der Waals surface area contributed by atoms with Gasteiger partial charge in [0.15, 0.2) is 0 Å². The molecule has 2 N–H and O–H groups in total. The van der Waals surface area contributed by atoms with Gasteiger partial charge in [-0.05, 0) is 54.3 Å². The van der Waals surface area contributed by atoms with Crippen molar-refractivity contribution in [3.05, 3.63) is 64.5 Å². The minimum atomic E-state index is -0.332. The molecule has 0 saturated carbocycles. The topological polar surface area (TPSA) is 35.2 Å². The summed E-state index contributed by atoms with van der Waals surface area (Å²) in [6.07, 6.45) is 0. The zero-order chi connectivity index (χ0) is 14.0. The van der Waals surface area contributed by atoms with E-state index in [1.807, 2.05) is 31.2 Å². The number of rotatable bonds is 3. The fourth-order valence-corrected chi connectivity index (χ4v) is 2.11. The van der Waals surface area contributed by atoms with E-state index in [0.29, 0.717) is 5.56 Å².